The monoisotopic (exact) mass is 710 g/mol. The number of thioether (sulfide) groups is 1. The minimum atomic E-state index is -3.96. The molecule has 3 amide bonds. The second-order valence-electron chi connectivity index (χ2n) is 12.7. The standard InChI is InChI=1S/C29H34N4O13S2/c1-28(2)19(33-22(36)18(23(33)47-28)31-21(35)17(30)13-9-7-6-8-10-13)26(39)44-12-14(24(37)43-5)25(38)45-46-27(40)20-29(3,4)48(41,42)16-11-15(34)32(16)20/h6-10,14,16-20,23H,11-12,30H2,1-5H3,(H,31,35)/t14?,16-,17?,18-,19+,20+,23-/m1/s1. The van der Waals surface area contributed by atoms with Crippen LogP contribution in [-0.2, 0) is 62.6 Å². The van der Waals surface area contributed by atoms with Crippen LogP contribution in [0.5, 0.6) is 0 Å². The van der Waals surface area contributed by atoms with Gasteiger partial charge in [0.15, 0.2) is 21.8 Å². The number of benzene rings is 1. The van der Waals surface area contributed by atoms with E-state index in [0.29, 0.717) is 5.56 Å². The normalized spacial score (nSPS) is 28.4. The van der Waals surface area contributed by atoms with E-state index in [1.807, 2.05) is 0 Å². The molecule has 4 aliphatic heterocycles. The van der Waals surface area contributed by atoms with E-state index in [2.05, 4.69) is 19.8 Å². The summed E-state index contributed by atoms with van der Waals surface area (Å²) in [7, 11) is -3.02. The van der Waals surface area contributed by atoms with Gasteiger partial charge in [0, 0.05) is 4.75 Å². The van der Waals surface area contributed by atoms with E-state index in [-0.39, 0.29) is 6.42 Å². The summed E-state index contributed by atoms with van der Waals surface area (Å²) in [6.45, 7) is 4.86. The molecule has 0 aromatic heterocycles. The topological polar surface area (TPSA) is 235 Å². The summed E-state index contributed by atoms with van der Waals surface area (Å²) in [6.07, 6.45) is -0.303. The van der Waals surface area contributed by atoms with Crippen molar-refractivity contribution in [2.75, 3.05) is 13.7 Å². The Morgan fingerprint density at radius 1 is 0.979 bits per heavy atom. The van der Waals surface area contributed by atoms with Crippen molar-refractivity contribution < 1.29 is 61.2 Å². The van der Waals surface area contributed by atoms with Crippen LogP contribution in [0.15, 0.2) is 30.3 Å². The van der Waals surface area contributed by atoms with Gasteiger partial charge in [0.05, 0.1) is 13.5 Å². The quantitative estimate of drug-likeness (QED) is 0.0997. The van der Waals surface area contributed by atoms with Crippen molar-refractivity contribution in [3.05, 3.63) is 35.9 Å². The van der Waals surface area contributed by atoms with Crippen molar-refractivity contribution in [2.24, 2.45) is 11.7 Å². The van der Waals surface area contributed by atoms with Gasteiger partial charge in [-0.05, 0) is 33.3 Å². The van der Waals surface area contributed by atoms with Crippen LogP contribution in [0.2, 0.25) is 0 Å². The molecular weight excluding hydrogens is 676 g/mol. The summed E-state index contributed by atoms with van der Waals surface area (Å²) >= 11 is 1.23. The highest BCUT2D eigenvalue weighted by molar-refractivity contribution is 8.01. The van der Waals surface area contributed by atoms with Gasteiger partial charge in [-0.15, -0.1) is 11.8 Å². The number of hydrogen-bond donors (Lipinski definition) is 2. The Labute approximate surface area is 278 Å². The van der Waals surface area contributed by atoms with E-state index in [0.717, 1.165) is 12.0 Å². The third kappa shape index (κ3) is 5.56. The second kappa shape index (κ2) is 12.3. The summed E-state index contributed by atoms with van der Waals surface area (Å²) in [5, 5.41) is 0.781. The first-order chi connectivity index (χ1) is 22.4. The second-order valence-corrected chi connectivity index (χ2v) is 17.1. The average molecular weight is 711 g/mol. The number of rotatable bonds is 9. The third-order valence-electron chi connectivity index (χ3n) is 8.97. The lowest BCUT2D eigenvalue weighted by molar-refractivity contribution is -0.267. The molecule has 4 heterocycles. The molecule has 4 aliphatic rings. The molecule has 17 nitrogen and oxygen atoms in total. The molecule has 19 heteroatoms. The van der Waals surface area contributed by atoms with Crippen molar-refractivity contribution in [2.45, 2.75) is 78.5 Å². The molecule has 0 radical (unpaired) electrons. The number of nitrogens with two attached hydrogens (primary N) is 1. The van der Waals surface area contributed by atoms with Crippen molar-refractivity contribution in [3.8, 4) is 0 Å². The van der Waals surface area contributed by atoms with Gasteiger partial charge < -0.3 is 30.3 Å². The van der Waals surface area contributed by atoms with Gasteiger partial charge in [-0.3, -0.25) is 19.2 Å². The van der Waals surface area contributed by atoms with Crippen LogP contribution in [0.25, 0.3) is 0 Å². The van der Waals surface area contributed by atoms with Gasteiger partial charge in [0.2, 0.25) is 17.7 Å². The number of hydrogen-bond acceptors (Lipinski definition) is 15. The first-order valence-electron chi connectivity index (χ1n) is 14.7. The van der Waals surface area contributed by atoms with Crippen LogP contribution in [0.3, 0.4) is 0 Å². The fraction of sp³-hybridized carbons (Fsp3) is 0.552. The van der Waals surface area contributed by atoms with Gasteiger partial charge in [-0.2, -0.15) is 0 Å². The lowest BCUT2D eigenvalue weighted by atomic mass is 9.95. The van der Waals surface area contributed by atoms with E-state index in [9.17, 15) is 42.0 Å². The van der Waals surface area contributed by atoms with Crippen LogP contribution in [0.4, 0.5) is 0 Å². The Kier molecular flexibility index (Phi) is 9.02. The van der Waals surface area contributed by atoms with Crippen LogP contribution < -0.4 is 11.1 Å². The first-order valence-corrected chi connectivity index (χ1v) is 17.1. The van der Waals surface area contributed by atoms with Gasteiger partial charge in [0.1, 0.15) is 40.2 Å². The lowest BCUT2D eigenvalue weighted by Gasteiger charge is -2.44. The molecule has 0 spiro atoms. The average Bonchev–Trinajstić information content (AvgIpc) is 3.36. The van der Waals surface area contributed by atoms with E-state index >= 15 is 0 Å². The van der Waals surface area contributed by atoms with Gasteiger partial charge in [0.25, 0.3) is 0 Å². The summed E-state index contributed by atoms with van der Waals surface area (Å²) in [5.74, 6) is -8.79. The lowest BCUT2D eigenvalue weighted by Crippen LogP contribution is -2.71. The van der Waals surface area contributed by atoms with E-state index in [4.69, 9.17) is 10.5 Å². The maximum Gasteiger partial charge on any atom is 0.379 e. The molecule has 4 saturated heterocycles. The van der Waals surface area contributed by atoms with Crippen LogP contribution in [-0.4, -0.2) is 112 Å². The number of carbonyl (C=O) groups is 7. The number of sulfone groups is 1. The molecule has 0 bridgehead atoms. The minimum absolute atomic E-state index is 0.303. The summed E-state index contributed by atoms with van der Waals surface area (Å²) in [5.41, 5.74) is 6.60. The summed E-state index contributed by atoms with van der Waals surface area (Å²) in [4.78, 5) is 101. The maximum absolute atomic E-state index is 13.3. The smallest absolute Gasteiger partial charge is 0.379 e. The predicted octanol–water partition coefficient (Wildman–Crippen LogP) is -1.30. The number of fused-ring (bicyclic) bond motifs is 2. The Morgan fingerprint density at radius 2 is 1.62 bits per heavy atom. The number of ether oxygens (including phenoxy) is 2. The molecular formula is C29H34N4O13S2. The molecule has 0 aliphatic carbocycles. The molecule has 48 heavy (non-hydrogen) atoms. The van der Waals surface area contributed by atoms with E-state index in [1.165, 1.54) is 30.5 Å². The predicted molar refractivity (Wildman–Crippen MR) is 162 cm³/mol. The number of esters is 2. The number of amides is 3. The molecule has 1 aromatic rings. The first kappa shape index (κ1) is 35.1. The van der Waals surface area contributed by atoms with Crippen molar-refractivity contribution in [1.29, 1.82) is 0 Å². The zero-order chi connectivity index (χ0) is 35.5. The zero-order valence-corrected chi connectivity index (χ0v) is 28.1. The Bertz CT molecular complexity index is 1680. The highest BCUT2D eigenvalue weighted by atomic mass is 32.2. The SMILES string of the molecule is COC(=O)C(COC(=O)[C@@H]1N2C(=O)[C@@H](NC(=O)C(N)c3ccccc3)[C@H]2SC1(C)C)C(=O)OOC(=O)[C@@H]1N2C(=O)C[C@H]2S(=O)(=O)C1(C)C. The van der Waals surface area contributed by atoms with Crippen LogP contribution in [0.1, 0.15) is 45.7 Å². The number of nitrogens with zero attached hydrogens (tertiary/aromatic N) is 2. The fourth-order valence-corrected chi connectivity index (χ4v) is 9.94. The number of methoxy groups -OCH3 is 1. The molecule has 7 atom stereocenters. The third-order valence-corrected chi connectivity index (χ3v) is 13.3. The van der Waals surface area contributed by atoms with Crippen molar-refractivity contribution in [1.82, 2.24) is 15.1 Å². The number of nitrogens with one attached hydrogen (secondary N) is 1. The zero-order valence-electron chi connectivity index (χ0n) is 26.4. The van der Waals surface area contributed by atoms with E-state index in [1.54, 1.807) is 44.2 Å². The number of carbonyl (C=O) groups excluding carboxylic acids is 7. The van der Waals surface area contributed by atoms with Gasteiger partial charge >= 0.3 is 23.9 Å². The van der Waals surface area contributed by atoms with E-state index < -0.39 is 108 Å². The maximum atomic E-state index is 13.3. The highest BCUT2D eigenvalue weighted by Crippen LogP contribution is 2.51. The molecule has 4 fully saturated rings. The molecule has 1 aromatic carbocycles. The number of β-lactam (4-membered cyclic amide) rings is 2. The van der Waals surface area contributed by atoms with Crippen molar-refractivity contribution >= 4 is 63.2 Å². The van der Waals surface area contributed by atoms with Gasteiger partial charge in [-0.1, -0.05) is 30.3 Å². The minimum Gasteiger partial charge on any atom is -0.468 e. The summed E-state index contributed by atoms with van der Waals surface area (Å²) < 4.78 is 32.7. The van der Waals surface area contributed by atoms with Gasteiger partial charge in [-0.25, -0.2) is 32.6 Å². The van der Waals surface area contributed by atoms with Crippen molar-refractivity contribution in [3.63, 3.8) is 0 Å². The Hall–Kier alpha value is -4.23. The molecule has 260 valence electrons. The fourth-order valence-electron chi connectivity index (χ4n) is 6.20. The molecule has 3 N–H and O–H groups in total. The largest absolute Gasteiger partial charge is 0.468 e. The summed E-state index contributed by atoms with van der Waals surface area (Å²) in [6, 6.07) is 3.74. The molecule has 5 rings (SSSR count). The Morgan fingerprint density at radius 3 is 2.23 bits per heavy atom. The molecule has 0 saturated carbocycles. The Balaban J connectivity index is 1.20. The highest BCUT2D eigenvalue weighted by Gasteiger charge is 2.69. The molecule has 2 unspecified atom stereocenters. The van der Waals surface area contributed by atoms with Crippen LogP contribution >= 0.6 is 11.8 Å². The van der Waals surface area contributed by atoms with Crippen LogP contribution in [0, 0.1) is 5.92 Å².